The fourth-order valence-electron chi connectivity index (χ4n) is 0.343. The number of carboxylic acids is 3. The number of carboxylic acid groups (broad SMARTS) is 3. The molecule has 0 spiro atoms. The zero-order chi connectivity index (χ0) is 13.0. The van der Waals surface area contributed by atoms with Crippen molar-refractivity contribution in [3.05, 3.63) is 12.3 Å². The molecule has 0 aromatic heterocycles. The molecule has 0 aromatic carbocycles. The maximum absolute atomic E-state index is 9.64. The molecule has 0 aliphatic carbocycles. The zero-order valence-electron chi connectivity index (χ0n) is 8.03. The molecule has 0 unspecified atom stereocenters. The van der Waals surface area contributed by atoms with Crippen molar-refractivity contribution in [2.75, 3.05) is 0 Å². The molecule has 0 aliphatic rings. The minimum Gasteiger partial charge on any atom is -0.481 e. The first-order valence-corrected chi connectivity index (χ1v) is 3.82. The van der Waals surface area contributed by atoms with E-state index in [0.717, 1.165) is 6.26 Å². The molecule has 0 aliphatic heterocycles. The Morgan fingerprint density at radius 3 is 1.69 bits per heavy atom. The first-order chi connectivity index (χ1) is 7.40. The van der Waals surface area contributed by atoms with Crippen LogP contribution in [-0.2, 0) is 23.9 Å². The van der Waals surface area contributed by atoms with Gasteiger partial charge in [-0.1, -0.05) is 0 Å². The van der Waals surface area contributed by atoms with Gasteiger partial charge in [0.25, 0.3) is 6.47 Å². The normalized spacial score (nSPS) is 8.75. The molecule has 8 nitrogen and oxygen atoms in total. The van der Waals surface area contributed by atoms with Gasteiger partial charge in [0.2, 0.25) is 0 Å². The Morgan fingerprint density at radius 1 is 1.00 bits per heavy atom. The van der Waals surface area contributed by atoms with Crippen molar-refractivity contribution in [3.63, 3.8) is 0 Å². The lowest BCUT2D eigenvalue weighted by Gasteiger charge is -1.85. The van der Waals surface area contributed by atoms with Gasteiger partial charge in [-0.15, -0.1) is 0 Å². The van der Waals surface area contributed by atoms with E-state index in [1.807, 2.05) is 0 Å². The van der Waals surface area contributed by atoms with Gasteiger partial charge in [0.1, 0.15) is 6.26 Å². The molecule has 8 heteroatoms. The first-order valence-electron chi connectivity index (χ1n) is 3.82. The molecule has 0 atom stereocenters. The largest absolute Gasteiger partial charge is 0.481 e. The Hall–Kier alpha value is -2.38. The molecule has 0 amide bonds. The monoisotopic (exact) mass is 234 g/mol. The van der Waals surface area contributed by atoms with E-state index in [1.54, 1.807) is 0 Å². The highest BCUT2D eigenvalue weighted by atomic mass is 16.5. The smallest absolute Gasteiger partial charge is 0.331 e. The molecule has 0 rings (SSSR count). The van der Waals surface area contributed by atoms with Crippen molar-refractivity contribution < 1.29 is 39.2 Å². The number of hydrogen-bond donors (Lipinski definition) is 3. The summed E-state index contributed by atoms with van der Waals surface area (Å²) in [5, 5.41) is 23.7. The minimum absolute atomic E-state index is 0.138. The van der Waals surface area contributed by atoms with E-state index in [9.17, 15) is 19.2 Å². The van der Waals surface area contributed by atoms with Gasteiger partial charge >= 0.3 is 17.9 Å². The van der Waals surface area contributed by atoms with Crippen molar-refractivity contribution in [3.8, 4) is 0 Å². The van der Waals surface area contributed by atoms with E-state index in [-0.39, 0.29) is 19.3 Å². The van der Waals surface area contributed by atoms with E-state index in [1.165, 1.54) is 0 Å². The van der Waals surface area contributed by atoms with Gasteiger partial charge in [0.05, 0.1) is 18.9 Å². The number of ether oxygens (including phenoxy) is 1. The van der Waals surface area contributed by atoms with E-state index in [4.69, 9.17) is 15.3 Å². The van der Waals surface area contributed by atoms with Crippen molar-refractivity contribution in [2.45, 2.75) is 12.8 Å². The standard InChI is InChI=1S/C4H4O4.C4H6O4/c5-3-8-2-1-4(6)7;5-3(6)1-2-4(7)8/h1-3H,(H,6,7);1-2H2,(H,5,6)(H,7,8)/b2-1-;. The van der Waals surface area contributed by atoms with Crippen LogP contribution in [0, 0.1) is 0 Å². The van der Waals surface area contributed by atoms with Gasteiger partial charge < -0.3 is 20.1 Å². The first kappa shape index (κ1) is 16.1. The zero-order valence-corrected chi connectivity index (χ0v) is 8.03. The second kappa shape index (κ2) is 10.7. The van der Waals surface area contributed by atoms with E-state index >= 15 is 0 Å². The average Bonchev–Trinajstić information content (AvgIpc) is 2.16. The quantitative estimate of drug-likeness (QED) is 0.323. The fourth-order valence-corrected chi connectivity index (χ4v) is 0.343. The third kappa shape index (κ3) is 22.6. The fraction of sp³-hybridized carbons (Fsp3) is 0.250. The molecular weight excluding hydrogens is 224 g/mol. The van der Waals surface area contributed by atoms with E-state index < -0.39 is 17.9 Å². The molecule has 0 aromatic rings. The second-order valence-electron chi connectivity index (χ2n) is 2.16. The summed E-state index contributed by atoms with van der Waals surface area (Å²) in [5.74, 6) is -3.30. The maximum atomic E-state index is 9.64. The van der Waals surface area contributed by atoms with Gasteiger partial charge in [0, 0.05) is 0 Å². The number of rotatable bonds is 6. The van der Waals surface area contributed by atoms with Crippen molar-refractivity contribution >= 4 is 24.4 Å². The summed E-state index contributed by atoms with van der Waals surface area (Å²) in [7, 11) is 0. The lowest BCUT2D eigenvalue weighted by Crippen LogP contribution is -2.00. The summed E-state index contributed by atoms with van der Waals surface area (Å²) in [4.78, 5) is 38.2. The topological polar surface area (TPSA) is 138 Å². The molecule has 0 fully saturated rings. The van der Waals surface area contributed by atoms with Crippen LogP contribution in [0.3, 0.4) is 0 Å². The third-order valence-electron chi connectivity index (χ3n) is 0.897. The lowest BCUT2D eigenvalue weighted by molar-refractivity contribution is -0.143. The van der Waals surface area contributed by atoms with Gasteiger partial charge in [-0.2, -0.15) is 0 Å². The van der Waals surface area contributed by atoms with Gasteiger partial charge in [0.15, 0.2) is 0 Å². The summed E-state index contributed by atoms with van der Waals surface area (Å²) in [6.07, 6.45) is 0.911. The number of carbonyl (C=O) groups is 4. The number of hydrogen-bond acceptors (Lipinski definition) is 5. The molecule has 0 saturated heterocycles. The van der Waals surface area contributed by atoms with Crippen molar-refractivity contribution in [1.82, 2.24) is 0 Å². The molecule has 90 valence electrons. The van der Waals surface area contributed by atoms with Crippen LogP contribution in [0.1, 0.15) is 12.8 Å². The van der Waals surface area contributed by atoms with Crippen LogP contribution in [0.4, 0.5) is 0 Å². The highest BCUT2D eigenvalue weighted by Gasteiger charge is 2.00. The summed E-state index contributed by atoms with van der Waals surface area (Å²) in [6.45, 7) is 0.138. The van der Waals surface area contributed by atoms with Crippen LogP contribution in [-0.4, -0.2) is 39.7 Å². The minimum atomic E-state index is -1.15. The summed E-state index contributed by atoms with van der Waals surface area (Å²) in [5.41, 5.74) is 0. The Balaban J connectivity index is 0. The van der Waals surface area contributed by atoms with Gasteiger partial charge in [-0.3, -0.25) is 14.4 Å². The Bertz CT molecular complexity index is 266. The molecule has 0 heterocycles. The van der Waals surface area contributed by atoms with Crippen LogP contribution in [0.25, 0.3) is 0 Å². The number of aliphatic carboxylic acids is 3. The van der Waals surface area contributed by atoms with Crippen LogP contribution < -0.4 is 0 Å². The Kier molecular flexibility index (Phi) is 10.7. The van der Waals surface area contributed by atoms with Crippen LogP contribution >= 0.6 is 0 Å². The van der Waals surface area contributed by atoms with Gasteiger partial charge in [-0.05, 0) is 0 Å². The van der Waals surface area contributed by atoms with Crippen molar-refractivity contribution in [2.24, 2.45) is 0 Å². The molecule has 0 bridgehead atoms. The van der Waals surface area contributed by atoms with Crippen LogP contribution in [0.2, 0.25) is 0 Å². The molecular formula is C8H10O8. The lowest BCUT2D eigenvalue weighted by atomic mass is 10.3. The highest BCUT2D eigenvalue weighted by molar-refractivity contribution is 5.79. The second-order valence-corrected chi connectivity index (χ2v) is 2.16. The van der Waals surface area contributed by atoms with E-state index in [0.29, 0.717) is 6.08 Å². The van der Waals surface area contributed by atoms with Gasteiger partial charge in [-0.25, -0.2) is 4.79 Å². The average molecular weight is 234 g/mol. The van der Waals surface area contributed by atoms with E-state index in [2.05, 4.69) is 4.74 Å². The van der Waals surface area contributed by atoms with Crippen LogP contribution in [0.15, 0.2) is 12.3 Å². The summed E-state index contributed by atoms with van der Waals surface area (Å²) < 4.78 is 3.90. The molecule has 0 radical (unpaired) electrons. The number of carbonyl (C=O) groups excluding carboxylic acids is 1. The van der Waals surface area contributed by atoms with Crippen LogP contribution in [0.5, 0.6) is 0 Å². The Morgan fingerprint density at radius 2 is 1.44 bits per heavy atom. The SMILES string of the molecule is O=C(O)CCC(=O)O.O=CO/C=C\C(=O)O. The van der Waals surface area contributed by atoms with Crippen molar-refractivity contribution in [1.29, 1.82) is 0 Å². The predicted octanol–water partition coefficient (Wildman–Crippen LogP) is -0.307. The molecule has 16 heavy (non-hydrogen) atoms. The highest BCUT2D eigenvalue weighted by Crippen LogP contribution is 1.86. The summed E-state index contributed by atoms with van der Waals surface area (Å²) in [6, 6.07) is 0. The Labute approximate surface area is 89.8 Å². The molecule has 0 saturated carbocycles. The third-order valence-corrected chi connectivity index (χ3v) is 0.897. The molecule has 3 N–H and O–H groups in total. The predicted molar refractivity (Wildman–Crippen MR) is 48.4 cm³/mol. The summed E-state index contributed by atoms with van der Waals surface area (Å²) >= 11 is 0. The maximum Gasteiger partial charge on any atom is 0.331 e.